The molecule has 1 aliphatic rings. The number of unbranched alkanes of at least 4 members (excludes halogenated alkanes) is 1. The van der Waals surface area contributed by atoms with E-state index in [1.807, 2.05) is 13.8 Å². The summed E-state index contributed by atoms with van der Waals surface area (Å²) in [6.45, 7) is 22.8. The van der Waals surface area contributed by atoms with E-state index in [9.17, 15) is 14.4 Å². The standard InChI is InChI=1S/C8H18O.C7H12O3.C6H12O3.C6H14O.C5H10O3.C3H8O.C2H6O2.C2H6O.CH4O/c1-3-5-6-8(4-2)7-9;1-6(8)10-5-7-3-2-4-9-7;1-3-8-4-5-9-6(2)7;1-3-6(4-2)5-7;1-5(6)8-4-3-7-2;1-2-3-4;3-1-2-4;1-2-3;1-2/h8-9H,3-7H2,1-2H3;7H,2-5H2,1H3;3-5H2,1-2H3;6-7H,3-5H2,1-2H3;3-4H2,1-2H3;4H,2-3H2,1H3;3-4H,1-2H2;3H,2H2,1H3;2H,1H3. The molecule has 0 saturated carbocycles. The number of carbonyl (C=O) groups is 3. The first-order chi connectivity index (χ1) is 26.8. The van der Waals surface area contributed by atoms with Gasteiger partial charge in [0, 0.05) is 74.6 Å². The Hall–Kier alpha value is -1.99. The fourth-order valence-electron chi connectivity index (χ4n) is 3.11. The molecule has 56 heavy (non-hydrogen) atoms. The minimum atomic E-state index is -0.262. The van der Waals surface area contributed by atoms with Crippen molar-refractivity contribution in [1.29, 1.82) is 0 Å². The van der Waals surface area contributed by atoms with Crippen LogP contribution >= 0.6 is 0 Å². The highest BCUT2D eigenvalue weighted by molar-refractivity contribution is 5.66. The lowest BCUT2D eigenvalue weighted by atomic mass is 10.0. The smallest absolute Gasteiger partial charge is 0.302 e. The predicted molar refractivity (Wildman–Crippen MR) is 221 cm³/mol. The highest BCUT2D eigenvalue weighted by Gasteiger charge is 2.16. The van der Waals surface area contributed by atoms with E-state index < -0.39 is 0 Å². The summed E-state index contributed by atoms with van der Waals surface area (Å²) in [5.74, 6) is 0.359. The Bertz CT molecular complexity index is 645. The number of methoxy groups -OCH3 is 1. The van der Waals surface area contributed by atoms with Crippen molar-refractivity contribution in [2.45, 2.75) is 133 Å². The third-order valence-corrected chi connectivity index (χ3v) is 6.36. The Morgan fingerprint density at radius 1 is 0.643 bits per heavy atom. The molecule has 346 valence electrons. The topological polar surface area (TPSA) is 248 Å². The second kappa shape index (κ2) is 74.0. The fourth-order valence-corrected chi connectivity index (χ4v) is 3.11. The number of aliphatic hydroxyl groups is 7. The summed E-state index contributed by atoms with van der Waals surface area (Å²) in [6.07, 6.45) is 10.2. The molecule has 1 aliphatic heterocycles. The minimum absolute atomic E-state index is 0.125. The van der Waals surface area contributed by atoms with Crippen molar-refractivity contribution < 1.29 is 78.6 Å². The van der Waals surface area contributed by atoms with Gasteiger partial charge in [0.2, 0.25) is 0 Å². The van der Waals surface area contributed by atoms with E-state index in [0.29, 0.717) is 71.3 Å². The maximum atomic E-state index is 10.3. The highest BCUT2D eigenvalue weighted by Crippen LogP contribution is 2.12. The zero-order chi connectivity index (χ0) is 45.3. The molecular weight excluding hydrogens is 736 g/mol. The average Bonchev–Trinajstić information content (AvgIpc) is 3.73. The molecular formula is C40H90O16. The number of esters is 3. The Balaban J connectivity index is -0.0000000798. The van der Waals surface area contributed by atoms with Crippen LogP contribution in [0.5, 0.6) is 0 Å². The summed E-state index contributed by atoms with van der Waals surface area (Å²) in [7, 11) is 2.56. The second-order valence-corrected chi connectivity index (χ2v) is 11.3. The number of carbonyl (C=O) groups excluding carboxylic acids is 3. The quantitative estimate of drug-likeness (QED) is 0.0551. The monoisotopic (exact) mass is 827 g/mol. The zero-order valence-electron chi connectivity index (χ0n) is 37.6. The maximum Gasteiger partial charge on any atom is 0.302 e. The Morgan fingerprint density at radius 3 is 1.32 bits per heavy atom. The van der Waals surface area contributed by atoms with Gasteiger partial charge in [-0.25, -0.2) is 0 Å². The van der Waals surface area contributed by atoms with Crippen molar-refractivity contribution in [3.05, 3.63) is 0 Å². The van der Waals surface area contributed by atoms with Gasteiger partial charge in [-0.1, -0.05) is 66.7 Å². The third kappa shape index (κ3) is 98.8. The van der Waals surface area contributed by atoms with E-state index in [1.54, 1.807) is 14.0 Å². The van der Waals surface area contributed by atoms with Gasteiger partial charge in [-0.15, -0.1) is 0 Å². The molecule has 0 amide bonds. The molecule has 1 heterocycles. The van der Waals surface area contributed by atoms with Crippen LogP contribution in [0.15, 0.2) is 0 Å². The first kappa shape index (κ1) is 71.7. The van der Waals surface area contributed by atoms with E-state index in [-0.39, 0.29) is 43.8 Å². The van der Waals surface area contributed by atoms with E-state index in [4.69, 9.17) is 50.0 Å². The summed E-state index contributed by atoms with van der Waals surface area (Å²) in [4.78, 5) is 30.5. The minimum Gasteiger partial charge on any atom is -0.463 e. The summed E-state index contributed by atoms with van der Waals surface area (Å²) >= 11 is 0. The molecule has 2 atom stereocenters. The average molecular weight is 827 g/mol. The number of rotatable bonds is 19. The number of hydrogen-bond acceptors (Lipinski definition) is 16. The van der Waals surface area contributed by atoms with Crippen LogP contribution in [0.3, 0.4) is 0 Å². The molecule has 0 spiro atoms. The molecule has 1 saturated heterocycles. The van der Waals surface area contributed by atoms with Crippen LogP contribution in [0.4, 0.5) is 0 Å². The molecule has 0 aromatic heterocycles. The van der Waals surface area contributed by atoms with Crippen LogP contribution in [0.1, 0.15) is 127 Å². The molecule has 0 aromatic rings. The number of ether oxygens (including phenoxy) is 6. The van der Waals surface area contributed by atoms with Crippen LogP contribution in [-0.2, 0) is 42.8 Å². The molecule has 0 aromatic carbocycles. The van der Waals surface area contributed by atoms with Gasteiger partial charge in [0.15, 0.2) is 0 Å². The van der Waals surface area contributed by atoms with E-state index in [2.05, 4.69) is 41.9 Å². The van der Waals surface area contributed by atoms with Crippen LogP contribution in [-0.4, -0.2) is 160 Å². The Labute approximate surface area is 341 Å². The van der Waals surface area contributed by atoms with Crippen molar-refractivity contribution in [2.75, 3.05) is 100 Å². The highest BCUT2D eigenvalue weighted by atomic mass is 16.6. The first-order valence-corrected chi connectivity index (χ1v) is 19.9. The summed E-state index contributed by atoms with van der Waals surface area (Å²) in [5, 5.41) is 55.0. The van der Waals surface area contributed by atoms with Crippen molar-refractivity contribution >= 4 is 17.9 Å². The van der Waals surface area contributed by atoms with Crippen LogP contribution in [0, 0.1) is 11.8 Å². The zero-order valence-corrected chi connectivity index (χ0v) is 37.6. The van der Waals surface area contributed by atoms with Gasteiger partial charge in [-0.2, -0.15) is 0 Å². The summed E-state index contributed by atoms with van der Waals surface area (Å²) in [5.41, 5.74) is 0. The molecule has 1 fully saturated rings. The van der Waals surface area contributed by atoms with Gasteiger partial charge in [-0.3, -0.25) is 14.4 Å². The van der Waals surface area contributed by atoms with Gasteiger partial charge < -0.3 is 64.2 Å². The van der Waals surface area contributed by atoms with Crippen molar-refractivity contribution in [3.63, 3.8) is 0 Å². The molecule has 2 unspecified atom stereocenters. The lowest BCUT2D eigenvalue weighted by Crippen LogP contribution is -2.15. The van der Waals surface area contributed by atoms with Crippen molar-refractivity contribution in [2.24, 2.45) is 11.8 Å². The molecule has 0 radical (unpaired) electrons. The Kier molecular flexibility index (Phi) is 94.8. The number of aliphatic hydroxyl groups excluding tert-OH is 7. The normalized spacial score (nSPS) is 12.1. The lowest BCUT2D eigenvalue weighted by molar-refractivity contribution is -0.144. The summed E-state index contributed by atoms with van der Waals surface area (Å²) in [6, 6.07) is 0. The van der Waals surface area contributed by atoms with Gasteiger partial charge in [0.1, 0.15) is 19.8 Å². The van der Waals surface area contributed by atoms with Crippen LogP contribution in [0.2, 0.25) is 0 Å². The van der Waals surface area contributed by atoms with Crippen LogP contribution in [0.25, 0.3) is 0 Å². The van der Waals surface area contributed by atoms with E-state index in [0.717, 1.165) is 52.2 Å². The molecule has 0 bridgehead atoms. The lowest BCUT2D eigenvalue weighted by Gasteiger charge is -2.08. The molecule has 1 rings (SSSR count). The largest absolute Gasteiger partial charge is 0.463 e. The molecule has 16 nitrogen and oxygen atoms in total. The molecule has 7 N–H and O–H groups in total. The SMILES string of the molecule is CC(=O)OCC1CCCO1.CCC(CC)CO.CCCCC(CC)CO.CCCO.CCO.CCOCCOC(C)=O.CO.COCCOC(C)=O.OCCO. The maximum absolute atomic E-state index is 10.3. The van der Waals surface area contributed by atoms with Gasteiger partial charge in [-0.05, 0) is 51.4 Å². The fraction of sp³-hybridized carbons (Fsp3) is 0.925. The van der Waals surface area contributed by atoms with Gasteiger partial charge in [0.25, 0.3) is 0 Å². The van der Waals surface area contributed by atoms with Crippen molar-refractivity contribution in [3.8, 4) is 0 Å². The van der Waals surface area contributed by atoms with Crippen LogP contribution < -0.4 is 0 Å². The van der Waals surface area contributed by atoms with E-state index >= 15 is 0 Å². The second-order valence-electron chi connectivity index (χ2n) is 11.3. The van der Waals surface area contributed by atoms with E-state index in [1.165, 1.54) is 40.0 Å². The molecule has 16 heteroatoms. The van der Waals surface area contributed by atoms with Gasteiger partial charge in [0.05, 0.1) is 32.5 Å². The van der Waals surface area contributed by atoms with Crippen molar-refractivity contribution in [1.82, 2.24) is 0 Å². The first-order valence-electron chi connectivity index (χ1n) is 19.9. The van der Waals surface area contributed by atoms with Gasteiger partial charge >= 0.3 is 17.9 Å². The third-order valence-electron chi connectivity index (χ3n) is 6.36. The predicted octanol–water partition coefficient (Wildman–Crippen LogP) is 4.09. The summed E-state index contributed by atoms with van der Waals surface area (Å²) < 4.78 is 28.6. The molecule has 0 aliphatic carbocycles. The Morgan fingerprint density at radius 2 is 1.07 bits per heavy atom. The number of hydrogen-bond donors (Lipinski definition) is 7.